The topological polar surface area (TPSA) is 84.3 Å². The third-order valence-corrected chi connectivity index (χ3v) is 8.54. The highest BCUT2D eigenvalue weighted by atomic mass is 32.2. The van der Waals surface area contributed by atoms with Crippen molar-refractivity contribution in [2.75, 3.05) is 13.1 Å². The van der Waals surface area contributed by atoms with Gasteiger partial charge in [0.2, 0.25) is 15.9 Å². The van der Waals surface area contributed by atoms with Crippen molar-refractivity contribution in [1.29, 1.82) is 0 Å². The Kier molecular flexibility index (Phi) is 6.66. The van der Waals surface area contributed by atoms with Gasteiger partial charge in [0.05, 0.1) is 11.4 Å². The number of carbonyl (C=O) groups is 1. The highest BCUT2D eigenvalue weighted by Gasteiger charge is 2.32. The number of sulfonamides is 1. The van der Waals surface area contributed by atoms with Crippen LogP contribution in [0.25, 0.3) is 10.8 Å². The second-order valence-corrected chi connectivity index (χ2v) is 10.8. The van der Waals surface area contributed by atoms with E-state index in [2.05, 4.69) is 10.4 Å². The largest absolute Gasteiger partial charge is 0.352 e. The van der Waals surface area contributed by atoms with Gasteiger partial charge < -0.3 is 5.32 Å². The number of aromatic nitrogens is 2. The molecule has 35 heavy (non-hydrogen) atoms. The Morgan fingerprint density at radius 1 is 0.914 bits per heavy atom. The van der Waals surface area contributed by atoms with Gasteiger partial charge in [-0.25, -0.2) is 8.42 Å². The molecule has 7 nitrogen and oxygen atoms in total. The van der Waals surface area contributed by atoms with Crippen LogP contribution in [0.4, 0.5) is 0 Å². The summed E-state index contributed by atoms with van der Waals surface area (Å²) < 4.78 is 29.8. The number of benzene rings is 3. The standard InChI is InChI=1S/C27H28N4O3S/c32-27(28-19-24-8-3-4-9-25(24)20-30-15-5-14-29-30)22-12-16-31(17-13-22)35(33,34)26-11-10-21-6-1-2-7-23(21)18-26/h1-11,14-15,18,22H,12-13,16-17,19-20H2,(H,28,32). The first kappa shape index (κ1) is 23.3. The summed E-state index contributed by atoms with van der Waals surface area (Å²) in [5.74, 6) is -0.224. The van der Waals surface area contributed by atoms with E-state index in [4.69, 9.17) is 0 Å². The Balaban J connectivity index is 1.19. The predicted molar refractivity (Wildman–Crippen MR) is 135 cm³/mol. The number of nitrogens with one attached hydrogen (secondary N) is 1. The third-order valence-electron chi connectivity index (χ3n) is 6.65. The number of amides is 1. The zero-order chi connectivity index (χ0) is 24.3. The van der Waals surface area contributed by atoms with Crippen molar-refractivity contribution in [3.05, 3.63) is 96.3 Å². The van der Waals surface area contributed by atoms with Crippen molar-refractivity contribution in [2.45, 2.75) is 30.8 Å². The first-order valence-corrected chi connectivity index (χ1v) is 13.3. The van der Waals surface area contributed by atoms with Crippen molar-refractivity contribution in [3.8, 4) is 0 Å². The molecule has 0 saturated carbocycles. The van der Waals surface area contributed by atoms with E-state index in [1.807, 2.05) is 71.5 Å². The van der Waals surface area contributed by atoms with E-state index in [9.17, 15) is 13.2 Å². The molecule has 0 unspecified atom stereocenters. The Morgan fingerprint density at radius 2 is 1.63 bits per heavy atom. The van der Waals surface area contributed by atoms with E-state index < -0.39 is 10.0 Å². The number of hydrogen-bond acceptors (Lipinski definition) is 4. The maximum absolute atomic E-state index is 13.2. The molecule has 0 spiro atoms. The Bertz CT molecular complexity index is 1430. The van der Waals surface area contributed by atoms with Gasteiger partial charge in [-0.2, -0.15) is 9.40 Å². The number of nitrogens with zero attached hydrogens (tertiary/aromatic N) is 3. The molecule has 8 heteroatoms. The van der Waals surface area contributed by atoms with E-state index in [0.717, 1.165) is 21.9 Å². The number of hydrogen-bond donors (Lipinski definition) is 1. The molecule has 1 N–H and O–H groups in total. The van der Waals surface area contributed by atoms with Crippen LogP contribution in [0.1, 0.15) is 24.0 Å². The second-order valence-electron chi connectivity index (χ2n) is 8.88. The van der Waals surface area contributed by atoms with E-state index >= 15 is 0 Å². The van der Waals surface area contributed by atoms with Crippen LogP contribution in [-0.4, -0.2) is 41.5 Å². The van der Waals surface area contributed by atoms with Gasteiger partial charge in [0.1, 0.15) is 0 Å². The fraction of sp³-hybridized carbons (Fsp3) is 0.259. The molecular weight excluding hydrogens is 460 g/mol. The highest BCUT2D eigenvalue weighted by molar-refractivity contribution is 7.89. The molecule has 3 aromatic carbocycles. The zero-order valence-electron chi connectivity index (χ0n) is 19.4. The molecule has 1 aliphatic rings. The summed E-state index contributed by atoms with van der Waals surface area (Å²) in [5.41, 5.74) is 2.15. The van der Waals surface area contributed by atoms with E-state index in [-0.39, 0.29) is 11.8 Å². The minimum Gasteiger partial charge on any atom is -0.352 e. The zero-order valence-corrected chi connectivity index (χ0v) is 20.2. The second kappa shape index (κ2) is 10.0. The average Bonchev–Trinajstić information content (AvgIpc) is 3.41. The molecule has 0 atom stereocenters. The van der Waals surface area contributed by atoms with Crippen molar-refractivity contribution in [1.82, 2.24) is 19.4 Å². The van der Waals surface area contributed by atoms with Crippen LogP contribution in [0, 0.1) is 5.92 Å². The third kappa shape index (κ3) is 5.13. The van der Waals surface area contributed by atoms with Crippen LogP contribution < -0.4 is 5.32 Å². The maximum atomic E-state index is 13.2. The first-order chi connectivity index (χ1) is 17.0. The SMILES string of the molecule is O=C(NCc1ccccc1Cn1cccn1)C1CCN(S(=O)(=O)c2ccc3ccccc3c2)CC1. The van der Waals surface area contributed by atoms with Crippen molar-refractivity contribution in [3.63, 3.8) is 0 Å². The average molecular weight is 489 g/mol. The molecule has 5 rings (SSSR count). The van der Waals surface area contributed by atoms with Crippen LogP contribution in [0.2, 0.25) is 0 Å². The molecule has 0 bridgehead atoms. The van der Waals surface area contributed by atoms with Crippen molar-refractivity contribution in [2.24, 2.45) is 5.92 Å². The van der Waals surface area contributed by atoms with Crippen molar-refractivity contribution >= 4 is 26.7 Å². The van der Waals surface area contributed by atoms with Crippen LogP contribution >= 0.6 is 0 Å². The van der Waals surface area contributed by atoms with Gasteiger partial charge in [-0.3, -0.25) is 9.48 Å². The number of rotatable bonds is 7. The summed E-state index contributed by atoms with van der Waals surface area (Å²) in [7, 11) is -3.60. The lowest BCUT2D eigenvalue weighted by Crippen LogP contribution is -2.42. The van der Waals surface area contributed by atoms with Crippen LogP contribution in [-0.2, 0) is 27.9 Å². The molecule has 4 aromatic rings. The lowest BCUT2D eigenvalue weighted by atomic mass is 9.97. The number of fused-ring (bicyclic) bond motifs is 1. The van der Waals surface area contributed by atoms with Gasteiger partial charge >= 0.3 is 0 Å². The lowest BCUT2D eigenvalue weighted by molar-refractivity contribution is -0.126. The van der Waals surface area contributed by atoms with Gasteiger partial charge in [0.15, 0.2) is 0 Å². The minimum atomic E-state index is -3.60. The molecule has 180 valence electrons. The summed E-state index contributed by atoms with van der Waals surface area (Å²) in [6.45, 7) is 1.75. The maximum Gasteiger partial charge on any atom is 0.243 e. The molecule has 1 aliphatic heterocycles. The molecule has 1 saturated heterocycles. The van der Waals surface area contributed by atoms with E-state index in [1.165, 1.54) is 4.31 Å². The minimum absolute atomic E-state index is 0.0263. The molecule has 1 amide bonds. The molecule has 1 aromatic heterocycles. The van der Waals surface area contributed by atoms with Gasteiger partial charge in [0.25, 0.3) is 0 Å². The summed E-state index contributed by atoms with van der Waals surface area (Å²) in [5, 5.41) is 9.22. The molecule has 0 aliphatic carbocycles. The van der Waals surface area contributed by atoms with Crippen molar-refractivity contribution < 1.29 is 13.2 Å². The summed E-state index contributed by atoms with van der Waals surface area (Å²) >= 11 is 0. The summed E-state index contributed by atoms with van der Waals surface area (Å²) in [6.07, 6.45) is 4.67. The summed E-state index contributed by atoms with van der Waals surface area (Å²) in [4.78, 5) is 13.2. The van der Waals surface area contributed by atoms with Gasteiger partial charge in [-0.05, 0) is 52.9 Å². The molecule has 1 fully saturated rings. The Labute approximate surface area is 205 Å². The monoisotopic (exact) mass is 488 g/mol. The predicted octanol–water partition coefficient (Wildman–Crippen LogP) is 3.80. The van der Waals surface area contributed by atoms with Gasteiger partial charge in [-0.1, -0.05) is 54.6 Å². The van der Waals surface area contributed by atoms with Gasteiger partial charge in [-0.15, -0.1) is 0 Å². The van der Waals surface area contributed by atoms with Crippen LogP contribution in [0.5, 0.6) is 0 Å². The van der Waals surface area contributed by atoms with E-state index in [0.29, 0.717) is 43.9 Å². The molecule has 0 radical (unpaired) electrons. The van der Waals surface area contributed by atoms with Crippen LogP contribution in [0.3, 0.4) is 0 Å². The fourth-order valence-electron chi connectivity index (χ4n) is 4.61. The number of piperidine rings is 1. The lowest BCUT2D eigenvalue weighted by Gasteiger charge is -2.30. The molecular formula is C27H28N4O3S. The highest BCUT2D eigenvalue weighted by Crippen LogP contribution is 2.26. The Hall–Kier alpha value is -3.49. The smallest absolute Gasteiger partial charge is 0.243 e. The van der Waals surface area contributed by atoms with Crippen LogP contribution in [0.15, 0.2) is 90.1 Å². The Morgan fingerprint density at radius 3 is 2.37 bits per heavy atom. The van der Waals surface area contributed by atoms with Gasteiger partial charge in [0, 0.05) is 37.9 Å². The number of carbonyl (C=O) groups excluding carboxylic acids is 1. The normalized spacial score (nSPS) is 15.3. The summed E-state index contributed by atoms with van der Waals surface area (Å²) in [6, 6.07) is 22.8. The quantitative estimate of drug-likeness (QED) is 0.429. The molecule has 2 heterocycles. The fourth-order valence-corrected chi connectivity index (χ4v) is 6.12. The van der Waals surface area contributed by atoms with E-state index in [1.54, 1.807) is 18.3 Å². The first-order valence-electron chi connectivity index (χ1n) is 11.8.